The molecule has 0 aliphatic carbocycles. The molecule has 2 aromatic heterocycles. The summed E-state index contributed by atoms with van der Waals surface area (Å²) in [6, 6.07) is 8.71. The van der Waals surface area contributed by atoms with Crippen molar-refractivity contribution in [1.29, 1.82) is 0 Å². The number of aromatic hydroxyl groups is 1. The maximum absolute atomic E-state index is 14.9. The van der Waals surface area contributed by atoms with E-state index < -0.39 is 6.17 Å². The van der Waals surface area contributed by atoms with Crippen LogP contribution in [0.2, 0.25) is 0 Å². The Labute approximate surface area is 168 Å². The average Bonchev–Trinajstić information content (AvgIpc) is 3.07. The third kappa shape index (κ3) is 3.00. The Morgan fingerprint density at radius 2 is 2.10 bits per heavy atom. The van der Waals surface area contributed by atoms with Gasteiger partial charge in [0.15, 0.2) is 0 Å². The third-order valence-electron chi connectivity index (χ3n) is 6.01. The molecule has 0 amide bonds. The summed E-state index contributed by atoms with van der Waals surface area (Å²) in [5.41, 5.74) is 2.17. The molecule has 29 heavy (non-hydrogen) atoms. The van der Waals surface area contributed by atoms with Gasteiger partial charge in [0.25, 0.3) is 0 Å². The number of hydrogen-bond acceptors (Lipinski definition) is 5. The predicted octanol–water partition coefficient (Wildman–Crippen LogP) is 4.06. The lowest BCUT2D eigenvalue weighted by molar-refractivity contribution is 0.146. The Bertz CT molecular complexity index is 1140. The van der Waals surface area contributed by atoms with E-state index in [-0.39, 0.29) is 23.2 Å². The maximum atomic E-state index is 14.9. The molecule has 2 N–H and O–H groups in total. The van der Waals surface area contributed by atoms with Crippen LogP contribution in [-0.4, -0.2) is 38.0 Å². The number of halogens is 1. The first-order chi connectivity index (χ1) is 13.9. The van der Waals surface area contributed by atoms with Gasteiger partial charge in [0, 0.05) is 34.8 Å². The Kier molecular flexibility index (Phi) is 3.99. The van der Waals surface area contributed by atoms with Crippen molar-refractivity contribution in [3.8, 4) is 17.0 Å². The van der Waals surface area contributed by atoms with Crippen LogP contribution in [0.4, 0.5) is 4.39 Å². The number of pyridine rings is 1. The largest absolute Gasteiger partial charge is 0.507 e. The van der Waals surface area contributed by atoms with Gasteiger partial charge in [-0.1, -0.05) is 18.7 Å². The van der Waals surface area contributed by atoms with Gasteiger partial charge in [-0.05, 0) is 54.6 Å². The monoisotopic (exact) mass is 388 g/mol. The summed E-state index contributed by atoms with van der Waals surface area (Å²) in [5, 5.41) is 24.1. The molecular weight excluding hydrogens is 367 g/mol. The minimum absolute atomic E-state index is 0.115. The van der Waals surface area contributed by atoms with E-state index in [2.05, 4.69) is 34.0 Å². The highest BCUT2D eigenvalue weighted by Crippen LogP contribution is 2.41. The van der Waals surface area contributed by atoms with Crippen LogP contribution in [0, 0.1) is 5.92 Å². The number of hydrogen-bond donors (Lipinski definition) is 2. The van der Waals surface area contributed by atoms with Crippen molar-refractivity contribution in [3.05, 3.63) is 67.2 Å². The molecule has 5 rings (SSSR count). The minimum Gasteiger partial charge on any atom is -0.507 e. The van der Waals surface area contributed by atoms with Crippen LogP contribution < -0.4 is 5.32 Å². The van der Waals surface area contributed by atoms with Crippen molar-refractivity contribution in [2.75, 3.05) is 0 Å². The Morgan fingerprint density at radius 1 is 1.24 bits per heavy atom. The number of allylic oxidation sites excluding steroid dienone is 1. The number of nitrogens with zero attached hydrogens (tertiary/aromatic N) is 3. The average molecular weight is 388 g/mol. The van der Waals surface area contributed by atoms with E-state index in [9.17, 15) is 9.50 Å². The van der Waals surface area contributed by atoms with E-state index in [0.717, 1.165) is 10.8 Å². The molecule has 3 aromatic rings. The summed E-state index contributed by atoms with van der Waals surface area (Å²) in [6.45, 7) is 6.21. The number of piperidine rings is 1. The van der Waals surface area contributed by atoms with Gasteiger partial charge in [0.1, 0.15) is 11.9 Å². The molecule has 4 heterocycles. The summed E-state index contributed by atoms with van der Waals surface area (Å²) >= 11 is 0. The highest BCUT2D eigenvalue weighted by Gasteiger charge is 2.46. The number of nitrogens with one attached hydrogen (secondary N) is 1. The number of phenolic OH excluding ortho intramolecular Hbond substituents is 1. The number of aromatic nitrogens is 3. The highest BCUT2D eigenvalue weighted by atomic mass is 19.1. The fraction of sp³-hybridized carbons (Fsp3) is 0.261. The maximum Gasteiger partial charge on any atom is 0.126 e. The molecule has 1 unspecified atom stereocenters. The Morgan fingerprint density at radius 3 is 2.90 bits per heavy atom. The van der Waals surface area contributed by atoms with Crippen LogP contribution in [0.3, 0.4) is 0 Å². The predicted molar refractivity (Wildman–Crippen MR) is 111 cm³/mol. The summed E-state index contributed by atoms with van der Waals surface area (Å²) in [4.78, 5) is 4.07. The molecule has 0 spiro atoms. The molecule has 1 fully saturated rings. The Hall–Kier alpha value is -3.12. The quantitative estimate of drug-likeness (QED) is 0.662. The topological polar surface area (TPSA) is 70.9 Å². The zero-order valence-corrected chi connectivity index (χ0v) is 16.0. The van der Waals surface area contributed by atoms with Gasteiger partial charge in [0.2, 0.25) is 0 Å². The summed E-state index contributed by atoms with van der Waals surface area (Å²) < 4.78 is 14.9. The van der Waals surface area contributed by atoms with Crippen molar-refractivity contribution in [2.24, 2.45) is 5.92 Å². The lowest BCUT2D eigenvalue weighted by Crippen LogP contribution is -2.54. The normalized spacial score (nSPS) is 28.0. The van der Waals surface area contributed by atoms with Gasteiger partial charge in [0.05, 0.1) is 17.4 Å². The van der Waals surface area contributed by atoms with Crippen LogP contribution in [0.1, 0.15) is 19.0 Å². The van der Waals surface area contributed by atoms with E-state index in [1.807, 2.05) is 24.3 Å². The van der Waals surface area contributed by atoms with Crippen molar-refractivity contribution in [3.63, 3.8) is 0 Å². The van der Waals surface area contributed by atoms with E-state index in [1.165, 1.54) is 0 Å². The van der Waals surface area contributed by atoms with E-state index in [1.54, 1.807) is 30.6 Å². The molecule has 1 saturated heterocycles. The van der Waals surface area contributed by atoms with Crippen molar-refractivity contribution in [1.82, 2.24) is 20.5 Å². The number of phenols is 1. The van der Waals surface area contributed by atoms with Crippen LogP contribution in [-0.2, 0) is 0 Å². The zero-order chi connectivity index (χ0) is 20.2. The fourth-order valence-electron chi connectivity index (χ4n) is 4.41. The molecule has 1 aromatic carbocycles. The second-order valence-electron chi connectivity index (χ2n) is 8.12. The SMILES string of the molecule is C=C(c1ccc(-c2cc3ccncc3cc2O)nn1)[C@H]1C[C@]2(C)C=CC(N2)[C@@H]1F. The molecule has 6 heteroatoms. The van der Waals surface area contributed by atoms with Gasteiger partial charge in [-0.3, -0.25) is 10.3 Å². The molecule has 5 nitrogen and oxygen atoms in total. The van der Waals surface area contributed by atoms with Crippen LogP contribution >= 0.6 is 0 Å². The summed E-state index contributed by atoms with van der Waals surface area (Å²) in [5.74, 6) is -0.202. The van der Waals surface area contributed by atoms with Gasteiger partial charge >= 0.3 is 0 Å². The van der Waals surface area contributed by atoms with Gasteiger partial charge in [-0.2, -0.15) is 5.10 Å². The number of rotatable bonds is 3. The first kappa shape index (κ1) is 17.9. The zero-order valence-electron chi connectivity index (χ0n) is 16.0. The van der Waals surface area contributed by atoms with E-state index in [4.69, 9.17) is 0 Å². The lowest BCUT2D eigenvalue weighted by atomic mass is 9.78. The van der Waals surface area contributed by atoms with Crippen molar-refractivity contribution >= 4 is 16.3 Å². The lowest BCUT2D eigenvalue weighted by Gasteiger charge is -2.39. The molecular formula is C23H21FN4O. The Balaban J connectivity index is 1.43. The van der Waals surface area contributed by atoms with Crippen LogP contribution in [0.15, 0.2) is 61.5 Å². The molecule has 2 aliphatic heterocycles. The van der Waals surface area contributed by atoms with Gasteiger partial charge < -0.3 is 5.11 Å². The number of benzene rings is 1. The fourth-order valence-corrected chi connectivity index (χ4v) is 4.41. The number of fused-ring (bicyclic) bond motifs is 3. The molecule has 2 bridgehead atoms. The molecule has 0 saturated carbocycles. The molecule has 0 radical (unpaired) electrons. The van der Waals surface area contributed by atoms with Crippen LogP contribution in [0.25, 0.3) is 27.6 Å². The summed E-state index contributed by atoms with van der Waals surface area (Å²) in [7, 11) is 0. The number of alkyl halides is 1. The van der Waals surface area contributed by atoms with E-state index in [0.29, 0.717) is 28.9 Å². The summed E-state index contributed by atoms with van der Waals surface area (Å²) in [6.07, 6.45) is 6.94. The first-order valence-electron chi connectivity index (χ1n) is 9.65. The van der Waals surface area contributed by atoms with Crippen molar-refractivity contribution < 1.29 is 9.50 Å². The second kappa shape index (κ2) is 6.46. The molecule has 4 atom stereocenters. The van der Waals surface area contributed by atoms with Gasteiger partial charge in [-0.15, -0.1) is 5.10 Å². The van der Waals surface area contributed by atoms with Crippen molar-refractivity contribution in [2.45, 2.75) is 31.1 Å². The van der Waals surface area contributed by atoms with Gasteiger partial charge in [-0.25, -0.2) is 4.39 Å². The molecule has 2 aliphatic rings. The smallest absolute Gasteiger partial charge is 0.126 e. The third-order valence-corrected chi connectivity index (χ3v) is 6.01. The van der Waals surface area contributed by atoms with Crippen LogP contribution in [0.5, 0.6) is 5.75 Å². The molecule has 146 valence electrons. The second-order valence-corrected chi connectivity index (χ2v) is 8.12. The van der Waals surface area contributed by atoms with E-state index >= 15 is 0 Å². The highest BCUT2D eigenvalue weighted by molar-refractivity contribution is 5.89. The standard InChI is InChI=1S/C23H21FN4O/c1-13(17-11-23(2)7-5-20(26-23)22(17)24)18-3-4-19(28-27-18)16-9-14-6-8-25-12-15(14)10-21(16)29/h3-10,12,17,20,22,26,29H,1,11H2,2H3/t17-,20?,22-,23+/m1/s1. The first-order valence-corrected chi connectivity index (χ1v) is 9.65. The minimum atomic E-state index is -1.05.